The summed E-state index contributed by atoms with van der Waals surface area (Å²) in [4.78, 5) is 25.0. The van der Waals surface area contributed by atoms with Crippen LogP contribution < -0.4 is 11.5 Å². The van der Waals surface area contributed by atoms with Crippen molar-refractivity contribution in [3.8, 4) is 0 Å². The van der Waals surface area contributed by atoms with E-state index in [4.69, 9.17) is 11.5 Å². The highest BCUT2D eigenvalue weighted by molar-refractivity contribution is 5.88. The van der Waals surface area contributed by atoms with E-state index >= 15 is 0 Å². The predicted molar refractivity (Wildman–Crippen MR) is 66.0 cm³/mol. The molecule has 0 aliphatic heterocycles. The largest absolute Gasteiger partial charge is 0.368 e. The highest BCUT2D eigenvalue weighted by Gasteiger charge is 2.45. The quantitative estimate of drug-likeness (QED) is 0.690. The lowest BCUT2D eigenvalue weighted by Crippen LogP contribution is -2.54. The molecule has 1 aliphatic rings. The van der Waals surface area contributed by atoms with Crippen molar-refractivity contribution in [2.75, 3.05) is 19.6 Å². The van der Waals surface area contributed by atoms with Gasteiger partial charge in [0.2, 0.25) is 11.8 Å². The number of carbonyl (C=O) groups is 2. The molecule has 1 fully saturated rings. The first-order valence-corrected chi connectivity index (χ1v) is 6.19. The van der Waals surface area contributed by atoms with Crippen LogP contribution in [-0.4, -0.2) is 36.3 Å². The molecule has 0 spiro atoms. The summed E-state index contributed by atoms with van der Waals surface area (Å²) in [6.45, 7) is 4.94. The molecule has 0 aromatic carbocycles. The van der Waals surface area contributed by atoms with Crippen molar-refractivity contribution in [2.45, 2.75) is 33.1 Å². The first-order chi connectivity index (χ1) is 7.91. The summed E-state index contributed by atoms with van der Waals surface area (Å²) >= 11 is 0. The van der Waals surface area contributed by atoms with E-state index in [9.17, 15) is 9.59 Å². The van der Waals surface area contributed by atoms with Gasteiger partial charge in [0, 0.05) is 13.1 Å². The molecule has 0 aromatic rings. The molecule has 0 radical (unpaired) electrons. The van der Waals surface area contributed by atoms with E-state index in [1.807, 2.05) is 13.8 Å². The van der Waals surface area contributed by atoms with E-state index in [1.54, 1.807) is 4.90 Å². The molecule has 17 heavy (non-hydrogen) atoms. The maximum atomic E-state index is 12.4. The van der Waals surface area contributed by atoms with E-state index in [-0.39, 0.29) is 12.5 Å². The lowest BCUT2D eigenvalue weighted by molar-refractivity contribution is -0.149. The fourth-order valence-corrected chi connectivity index (χ4v) is 2.29. The minimum atomic E-state index is -0.467. The van der Waals surface area contributed by atoms with Gasteiger partial charge in [-0.3, -0.25) is 9.59 Å². The normalized spacial score (nSPS) is 17.6. The number of nitrogens with zero attached hydrogens (tertiary/aromatic N) is 1. The lowest BCUT2D eigenvalue weighted by atomic mass is 9.67. The monoisotopic (exact) mass is 241 g/mol. The molecule has 1 saturated carbocycles. The smallest absolute Gasteiger partial charge is 0.237 e. The summed E-state index contributed by atoms with van der Waals surface area (Å²) in [5.74, 6) is -0.155. The maximum absolute atomic E-state index is 12.4. The third kappa shape index (κ3) is 3.19. The molecule has 1 rings (SSSR count). The number of hydrogen-bond acceptors (Lipinski definition) is 3. The van der Waals surface area contributed by atoms with Gasteiger partial charge >= 0.3 is 0 Å². The Morgan fingerprint density at radius 1 is 1.35 bits per heavy atom. The fourth-order valence-electron chi connectivity index (χ4n) is 2.29. The van der Waals surface area contributed by atoms with E-state index in [0.717, 1.165) is 19.3 Å². The predicted octanol–water partition coefficient (Wildman–Crippen LogP) is 0.0853. The molecular weight excluding hydrogens is 218 g/mol. The molecule has 0 unspecified atom stereocenters. The van der Waals surface area contributed by atoms with Gasteiger partial charge < -0.3 is 16.4 Å². The molecule has 0 atom stereocenters. The average molecular weight is 241 g/mol. The molecule has 0 bridgehead atoms. The molecule has 1 aliphatic carbocycles. The van der Waals surface area contributed by atoms with Crippen LogP contribution in [0.4, 0.5) is 0 Å². The van der Waals surface area contributed by atoms with Crippen molar-refractivity contribution in [3.63, 3.8) is 0 Å². The second-order valence-corrected chi connectivity index (χ2v) is 5.38. The van der Waals surface area contributed by atoms with Crippen LogP contribution >= 0.6 is 0 Å². The Balaban J connectivity index is 2.74. The molecule has 0 aromatic heterocycles. The van der Waals surface area contributed by atoms with Gasteiger partial charge in [-0.05, 0) is 18.8 Å². The summed E-state index contributed by atoms with van der Waals surface area (Å²) in [5, 5.41) is 0. The lowest BCUT2D eigenvalue weighted by Gasteiger charge is -2.42. The van der Waals surface area contributed by atoms with Crippen LogP contribution in [0.15, 0.2) is 0 Å². The zero-order valence-corrected chi connectivity index (χ0v) is 10.7. The van der Waals surface area contributed by atoms with E-state index < -0.39 is 11.3 Å². The highest BCUT2D eigenvalue weighted by atomic mass is 16.2. The van der Waals surface area contributed by atoms with Crippen LogP contribution in [0, 0.1) is 11.3 Å². The van der Waals surface area contributed by atoms with Gasteiger partial charge in [0.25, 0.3) is 0 Å². The summed E-state index contributed by atoms with van der Waals surface area (Å²) < 4.78 is 0. The minimum Gasteiger partial charge on any atom is -0.368 e. The number of rotatable bonds is 6. The van der Waals surface area contributed by atoms with Gasteiger partial charge in [0.15, 0.2) is 0 Å². The zero-order valence-electron chi connectivity index (χ0n) is 10.7. The van der Waals surface area contributed by atoms with Gasteiger partial charge in [-0.25, -0.2) is 0 Å². The second kappa shape index (κ2) is 5.49. The van der Waals surface area contributed by atoms with E-state index in [1.165, 1.54) is 0 Å². The van der Waals surface area contributed by atoms with Crippen molar-refractivity contribution in [2.24, 2.45) is 22.8 Å². The summed E-state index contributed by atoms with van der Waals surface area (Å²) in [6, 6.07) is 0. The van der Waals surface area contributed by atoms with Gasteiger partial charge in [-0.1, -0.05) is 20.3 Å². The zero-order chi connectivity index (χ0) is 13.1. The van der Waals surface area contributed by atoms with Crippen molar-refractivity contribution >= 4 is 11.8 Å². The van der Waals surface area contributed by atoms with Gasteiger partial charge in [-0.15, -0.1) is 0 Å². The number of amides is 2. The second-order valence-electron chi connectivity index (χ2n) is 5.38. The maximum Gasteiger partial charge on any atom is 0.237 e. The SMILES string of the molecule is CC(C)CN(CC(N)=O)C(=O)C1(CN)CCC1. The van der Waals surface area contributed by atoms with Crippen molar-refractivity contribution < 1.29 is 9.59 Å². The Bertz CT molecular complexity index is 293. The Morgan fingerprint density at radius 3 is 2.24 bits per heavy atom. The average Bonchev–Trinajstić information content (AvgIpc) is 2.14. The minimum absolute atomic E-state index is 0.00116. The van der Waals surface area contributed by atoms with Crippen LogP contribution in [0.5, 0.6) is 0 Å². The summed E-state index contributed by atoms with van der Waals surface area (Å²) in [6.07, 6.45) is 2.69. The summed E-state index contributed by atoms with van der Waals surface area (Å²) in [5.41, 5.74) is 10.5. The molecule has 5 nitrogen and oxygen atoms in total. The first-order valence-electron chi connectivity index (χ1n) is 6.19. The third-order valence-corrected chi connectivity index (χ3v) is 3.37. The number of hydrogen-bond donors (Lipinski definition) is 2. The third-order valence-electron chi connectivity index (χ3n) is 3.37. The van der Waals surface area contributed by atoms with Crippen LogP contribution in [0.3, 0.4) is 0 Å². The Morgan fingerprint density at radius 2 is 1.94 bits per heavy atom. The molecule has 0 saturated heterocycles. The van der Waals surface area contributed by atoms with Crippen LogP contribution in [0.2, 0.25) is 0 Å². The standard InChI is InChI=1S/C12H23N3O2/c1-9(2)6-15(7-10(14)16)11(17)12(8-13)4-3-5-12/h9H,3-8,13H2,1-2H3,(H2,14,16). The topological polar surface area (TPSA) is 89.4 Å². The van der Waals surface area contributed by atoms with Gasteiger partial charge in [-0.2, -0.15) is 0 Å². The summed E-state index contributed by atoms with van der Waals surface area (Å²) in [7, 11) is 0. The molecule has 0 heterocycles. The fraction of sp³-hybridized carbons (Fsp3) is 0.833. The Hall–Kier alpha value is -1.10. The number of nitrogens with two attached hydrogens (primary N) is 2. The Labute approximate surface area is 103 Å². The van der Waals surface area contributed by atoms with Crippen LogP contribution in [0.25, 0.3) is 0 Å². The molecule has 2 amide bonds. The molecule has 5 heteroatoms. The Kier molecular flexibility index (Phi) is 4.51. The van der Waals surface area contributed by atoms with Crippen molar-refractivity contribution in [3.05, 3.63) is 0 Å². The molecule has 4 N–H and O–H groups in total. The van der Waals surface area contributed by atoms with Crippen LogP contribution in [-0.2, 0) is 9.59 Å². The highest BCUT2D eigenvalue weighted by Crippen LogP contribution is 2.41. The van der Waals surface area contributed by atoms with Gasteiger partial charge in [0.1, 0.15) is 0 Å². The van der Waals surface area contributed by atoms with Crippen molar-refractivity contribution in [1.29, 1.82) is 0 Å². The number of primary amides is 1. The van der Waals surface area contributed by atoms with Gasteiger partial charge in [0.05, 0.1) is 12.0 Å². The first kappa shape index (κ1) is 14.0. The van der Waals surface area contributed by atoms with Crippen LogP contribution in [0.1, 0.15) is 33.1 Å². The van der Waals surface area contributed by atoms with E-state index in [2.05, 4.69) is 0 Å². The van der Waals surface area contributed by atoms with E-state index in [0.29, 0.717) is 19.0 Å². The van der Waals surface area contributed by atoms with Crippen molar-refractivity contribution in [1.82, 2.24) is 4.90 Å². The molecule has 98 valence electrons. The number of carbonyl (C=O) groups excluding carboxylic acids is 2. The molecular formula is C12H23N3O2.